The predicted molar refractivity (Wildman–Crippen MR) is 62.7 cm³/mol. The summed E-state index contributed by atoms with van der Waals surface area (Å²) in [6.07, 6.45) is 2.91. The maximum absolute atomic E-state index is 11.8. The van der Waals surface area contributed by atoms with Crippen LogP contribution < -0.4 is 0 Å². The fourth-order valence-electron chi connectivity index (χ4n) is 1.40. The molecule has 6 heteroatoms. The Labute approximate surface area is 105 Å². The Morgan fingerprint density at radius 3 is 2.33 bits per heavy atom. The number of carbonyl (C=O) groups is 2. The minimum absolute atomic E-state index is 0.114. The molecule has 0 saturated heterocycles. The fourth-order valence-corrected chi connectivity index (χ4v) is 1.40. The summed E-state index contributed by atoms with van der Waals surface area (Å²) in [5.41, 5.74) is 0. The molecule has 0 bridgehead atoms. The lowest BCUT2D eigenvalue weighted by atomic mass is 10.1. The van der Waals surface area contributed by atoms with E-state index in [9.17, 15) is 9.59 Å². The maximum Gasteiger partial charge on any atom is 0.317 e. The Balaban J connectivity index is 2.82. The van der Waals surface area contributed by atoms with Crippen molar-refractivity contribution in [3.63, 3.8) is 0 Å². The van der Waals surface area contributed by atoms with Gasteiger partial charge in [-0.2, -0.15) is 0 Å². The van der Waals surface area contributed by atoms with Crippen LogP contribution in [0.15, 0.2) is 18.5 Å². The van der Waals surface area contributed by atoms with Crippen molar-refractivity contribution in [2.75, 3.05) is 13.2 Å². The highest BCUT2D eigenvalue weighted by atomic mass is 16.5. The highest BCUT2D eigenvalue weighted by Crippen LogP contribution is 2.18. The predicted octanol–water partition coefficient (Wildman–Crippen LogP) is 1.08. The first-order chi connectivity index (χ1) is 8.69. The molecule has 1 aromatic heterocycles. The molecule has 0 aliphatic carbocycles. The second-order valence-corrected chi connectivity index (χ2v) is 3.42. The molecule has 1 unspecified atom stereocenters. The molecule has 0 radical (unpaired) electrons. The van der Waals surface area contributed by atoms with Crippen LogP contribution in [0.3, 0.4) is 0 Å². The average Bonchev–Trinajstić information content (AvgIpc) is 2.37. The van der Waals surface area contributed by atoms with E-state index in [2.05, 4.69) is 9.97 Å². The van der Waals surface area contributed by atoms with Crippen molar-refractivity contribution in [3.8, 4) is 0 Å². The molecule has 0 fully saturated rings. The van der Waals surface area contributed by atoms with E-state index in [1.807, 2.05) is 0 Å². The lowest BCUT2D eigenvalue weighted by molar-refractivity contribution is -0.151. The van der Waals surface area contributed by atoms with Crippen LogP contribution in [0.25, 0.3) is 0 Å². The largest absolute Gasteiger partial charge is 0.466 e. The van der Waals surface area contributed by atoms with E-state index in [4.69, 9.17) is 9.47 Å². The second-order valence-electron chi connectivity index (χ2n) is 3.42. The summed E-state index contributed by atoms with van der Waals surface area (Å²) in [6, 6.07) is 1.63. The van der Waals surface area contributed by atoms with E-state index in [1.165, 1.54) is 12.4 Å². The molecular weight excluding hydrogens is 236 g/mol. The molecule has 1 atom stereocenters. The summed E-state index contributed by atoms with van der Waals surface area (Å²) in [4.78, 5) is 31.2. The van der Waals surface area contributed by atoms with Gasteiger partial charge in [0.2, 0.25) is 0 Å². The number of hydrogen-bond acceptors (Lipinski definition) is 6. The Morgan fingerprint density at radius 2 is 1.78 bits per heavy atom. The van der Waals surface area contributed by atoms with Gasteiger partial charge in [-0.3, -0.25) is 9.59 Å². The van der Waals surface area contributed by atoms with Gasteiger partial charge in [0.1, 0.15) is 11.7 Å². The summed E-state index contributed by atoms with van der Waals surface area (Å²) in [5.74, 6) is -1.53. The van der Waals surface area contributed by atoms with Crippen molar-refractivity contribution < 1.29 is 19.1 Å². The van der Waals surface area contributed by atoms with Gasteiger partial charge in [0.25, 0.3) is 0 Å². The van der Waals surface area contributed by atoms with Crippen LogP contribution in [0.4, 0.5) is 0 Å². The van der Waals surface area contributed by atoms with Crippen molar-refractivity contribution >= 4 is 11.9 Å². The van der Waals surface area contributed by atoms with Gasteiger partial charge < -0.3 is 9.47 Å². The standard InChI is InChI=1S/C12H16N2O4/c1-3-17-10(15)8-9(12(16)18-4-2)11-13-6-5-7-14-11/h5-7,9H,3-4,8H2,1-2H3. The fraction of sp³-hybridized carbons (Fsp3) is 0.500. The summed E-state index contributed by atoms with van der Waals surface area (Å²) in [6.45, 7) is 3.91. The van der Waals surface area contributed by atoms with Crippen LogP contribution in [0.2, 0.25) is 0 Å². The third-order valence-corrected chi connectivity index (χ3v) is 2.14. The van der Waals surface area contributed by atoms with Gasteiger partial charge in [-0.25, -0.2) is 9.97 Å². The van der Waals surface area contributed by atoms with Crippen LogP contribution in [0.1, 0.15) is 32.0 Å². The minimum Gasteiger partial charge on any atom is -0.466 e. The van der Waals surface area contributed by atoms with Crippen LogP contribution in [0.5, 0.6) is 0 Å². The SMILES string of the molecule is CCOC(=O)CC(C(=O)OCC)c1ncccn1. The van der Waals surface area contributed by atoms with E-state index in [1.54, 1.807) is 19.9 Å². The van der Waals surface area contributed by atoms with Crippen LogP contribution in [-0.4, -0.2) is 35.1 Å². The van der Waals surface area contributed by atoms with E-state index in [-0.39, 0.29) is 25.5 Å². The normalized spacial score (nSPS) is 11.7. The highest BCUT2D eigenvalue weighted by Gasteiger charge is 2.28. The van der Waals surface area contributed by atoms with Gasteiger partial charge in [-0.05, 0) is 19.9 Å². The summed E-state index contributed by atoms with van der Waals surface area (Å²) >= 11 is 0. The summed E-state index contributed by atoms with van der Waals surface area (Å²) in [5, 5.41) is 0. The zero-order valence-corrected chi connectivity index (χ0v) is 10.5. The molecular formula is C12H16N2O4. The monoisotopic (exact) mass is 252 g/mol. The van der Waals surface area contributed by atoms with Crippen molar-refractivity contribution in [2.45, 2.75) is 26.2 Å². The van der Waals surface area contributed by atoms with Crippen molar-refractivity contribution in [1.29, 1.82) is 0 Å². The Bertz CT molecular complexity index is 394. The first-order valence-corrected chi connectivity index (χ1v) is 5.78. The molecule has 98 valence electrons. The Hall–Kier alpha value is -1.98. The number of aromatic nitrogens is 2. The number of rotatable bonds is 6. The molecule has 1 aromatic rings. The molecule has 0 N–H and O–H groups in total. The van der Waals surface area contributed by atoms with Gasteiger partial charge in [0, 0.05) is 12.4 Å². The lowest BCUT2D eigenvalue weighted by Gasteiger charge is -2.13. The number of ether oxygens (including phenoxy) is 2. The van der Waals surface area contributed by atoms with E-state index < -0.39 is 17.9 Å². The molecule has 0 saturated carbocycles. The summed E-state index contributed by atoms with van der Waals surface area (Å²) < 4.78 is 9.73. The van der Waals surface area contributed by atoms with E-state index in [0.29, 0.717) is 0 Å². The first-order valence-electron chi connectivity index (χ1n) is 5.78. The third-order valence-electron chi connectivity index (χ3n) is 2.14. The Morgan fingerprint density at radius 1 is 1.17 bits per heavy atom. The summed E-state index contributed by atoms with van der Waals surface area (Å²) in [7, 11) is 0. The molecule has 0 aliphatic rings. The van der Waals surface area contributed by atoms with E-state index >= 15 is 0 Å². The number of nitrogens with zero attached hydrogens (tertiary/aromatic N) is 2. The molecule has 1 rings (SSSR count). The molecule has 1 heterocycles. The quantitative estimate of drug-likeness (QED) is 0.705. The number of carbonyl (C=O) groups excluding carboxylic acids is 2. The highest BCUT2D eigenvalue weighted by molar-refractivity contribution is 5.83. The minimum atomic E-state index is -0.815. The second kappa shape index (κ2) is 7.37. The maximum atomic E-state index is 11.8. The van der Waals surface area contributed by atoms with Gasteiger partial charge in [0.15, 0.2) is 0 Å². The van der Waals surface area contributed by atoms with Gasteiger partial charge >= 0.3 is 11.9 Å². The zero-order valence-electron chi connectivity index (χ0n) is 10.5. The van der Waals surface area contributed by atoms with Gasteiger partial charge in [-0.1, -0.05) is 0 Å². The van der Waals surface area contributed by atoms with Gasteiger partial charge in [-0.15, -0.1) is 0 Å². The Kier molecular flexibility index (Phi) is 5.76. The van der Waals surface area contributed by atoms with Crippen LogP contribution >= 0.6 is 0 Å². The van der Waals surface area contributed by atoms with Gasteiger partial charge in [0.05, 0.1) is 19.6 Å². The smallest absolute Gasteiger partial charge is 0.317 e. The zero-order chi connectivity index (χ0) is 13.4. The van der Waals surface area contributed by atoms with Crippen molar-refractivity contribution in [2.24, 2.45) is 0 Å². The first kappa shape index (κ1) is 14.1. The van der Waals surface area contributed by atoms with E-state index in [0.717, 1.165) is 0 Å². The molecule has 0 aromatic carbocycles. The number of esters is 2. The van der Waals surface area contributed by atoms with Crippen molar-refractivity contribution in [1.82, 2.24) is 9.97 Å². The third kappa shape index (κ3) is 4.12. The van der Waals surface area contributed by atoms with Crippen LogP contribution in [-0.2, 0) is 19.1 Å². The van der Waals surface area contributed by atoms with Crippen molar-refractivity contribution in [3.05, 3.63) is 24.3 Å². The molecule has 6 nitrogen and oxygen atoms in total. The molecule has 18 heavy (non-hydrogen) atoms. The molecule has 0 amide bonds. The average molecular weight is 252 g/mol. The molecule has 0 spiro atoms. The van der Waals surface area contributed by atoms with Crippen LogP contribution in [0, 0.1) is 0 Å². The number of hydrogen-bond donors (Lipinski definition) is 0. The lowest BCUT2D eigenvalue weighted by Crippen LogP contribution is -2.22. The molecule has 0 aliphatic heterocycles. The topological polar surface area (TPSA) is 78.4 Å².